The quantitative estimate of drug-likeness (QED) is 0.0450. The molecule has 358 valence electrons. The van der Waals surface area contributed by atoms with E-state index in [0.717, 1.165) is 19.3 Å². The number of piperazine rings is 2. The van der Waals surface area contributed by atoms with E-state index in [1.54, 1.807) is 22.0 Å². The number of rotatable bonds is 28. The van der Waals surface area contributed by atoms with Crippen molar-refractivity contribution in [2.24, 2.45) is 23.1 Å². The van der Waals surface area contributed by atoms with Crippen LogP contribution < -0.4 is 32.3 Å². The summed E-state index contributed by atoms with van der Waals surface area (Å²) < 4.78 is 19.5. The number of nitrogens with two attached hydrogens (primary N) is 3. The maximum atomic E-state index is 14.1. The number of unbranched alkanes of at least 4 members (excludes halogenated alkanes) is 1. The smallest absolute Gasteiger partial charge is 0.303 e. The van der Waals surface area contributed by atoms with Gasteiger partial charge in [-0.15, -0.1) is 16.6 Å². The van der Waals surface area contributed by atoms with Crippen LogP contribution in [0.5, 0.6) is 0 Å². The first kappa shape index (κ1) is 50.4. The molecule has 5 heterocycles. The molecule has 65 heavy (non-hydrogen) atoms. The number of nitrogens with zero attached hydrogens (tertiary/aromatic N) is 13. The molecule has 0 radical (unpaired) electrons. The molecule has 24 heteroatoms. The second kappa shape index (κ2) is 26.4. The van der Waals surface area contributed by atoms with E-state index in [1.807, 2.05) is 28.5 Å². The van der Waals surface area contributed by atoms with Crippen LogP contribution >= 0.6 is 0 Å². The topological polar surface area (TPSA) is 302 Å². The van der Waals surface area contributed by atoms with Crippen molar-refractivity contribution in [3.8, 4) is 12.3 Å². The largest absolute Gasteiger partial charge is 0.481 e. The summed E-state index contributed by atoms with van der Waals surface area (Å²) in [4.78, 5) is 61.7. The second-order valence-corrected chi connectivity index (χ2v) is 16.0. The highest BCUT2D eigenvalue weighted by atomic mass is 16.5. The summed E-state index contributed by atoms with van der Waals surface area (Å²) in [6.07, 6.45) is 11.4. The van der Waals surface area contributed by atoms with E-state index in [1.165, 1.54) is 4.68 Å². The maximum absolute atomic E-state index is 14.1. The first-order valence-corrected chi connectivity index (χ1v) is 22.5. The lowest BCUT2D eigenvalue weighted by Crippen LogP contribution is -2.52. The summed E-state index contributed by atoms with van der Waals surface area (Å²) in [5.74, 6) is 2.46. The molecule has 2 aliphatic heterocycles. The molecule has 2 saturated heterocycles. The van der Waals surface area contributed by atoms with Gasteiger partial charge in [0, 0.05) is 71.9 Å². The van der Waals surface area contributed by atoms with Gasteiger partial charge in [-0.1, -0.05) is 36.6 Å². The van der Waals surface area contributed by atoms with Crippen molar-refractivity contribution < 1.29 is 33.7 Å². The predicted molar refractivity (Wildman–Crippen MR) is 239 cm³/mol. The molecule has 24 nitrogen and oxygen atoms in total. The number of anilines is 3. The molecule has 0 saturated carbocycles. The van der Waals surface area contributed by atoms with Gasteiger partial charge < -0.3 is 61.4 Å². The fraction of sp³-hybridized carbons (Fsp3) is 0.707. The number of carbonyl (C=O) groups excluding carboxylic acids is 2. The zero-order valence-electron chi connectivity index (χ0n) is 37.7. The minimum absolute atomic E-state index is 0.0456. The number of carbonyl (C=O) groups is 3. The fourth-order valence-electron chi connectivity index (χ4n) is 7.38. The molecule has 0 bridgehead atoms. The molecular formula is C41H67N17O7. The lowest BCUT2D eigenvalue weighted by atomic mass is 9.98. The van der Waals surface area contributed by atoms with E-state index in [9.17, 15) is 19.5 Å². The van der Waals surface area contributed by atoms with Crippen LogP contribution in [0, 0.1) is 18.3 Å². The summed E-state index contributed by atoms with van der Waals surface area (Å²) in [5.41, 5.74) is 19.1. The van der Waals surface area contributed by atoms with E-state index in [2.05, 4.69) is 31.9 Å². The average molecular weight is 910 g/mol. The Morgan fingerprint density at radius 2 is 1.37 bits per heavy atom. The minimum Gasteiger partial charge on any atom is -0.481 e. The molecule has 3 aromatic rings. The average Bonchev–Trinajstić information content (AvgIpc) is 4.02. The van der Waals surface area contributed by atoms with Gasteiger partial charge in [0.05, 0.1) is 62.9 Å². The molecular weight excluding hydrogens is 843 g/mol. The number of hydrogen-bond donors (Lipinski definition) is 5. The minimum atomic E-state index is -1.01. The van der Waals surface area contributed by atoms with E-state index < -0.39 is 18.1 Å². The van der Waals surface area contributed by atoms with Crippen LogP contribution in [0.1, 0.15) is 81.9 Å². The van der Waals surface area contributed by atoms with E-state index in [4.69, 9.17) is 52.8 Å². The van der Waals surface area contributed by atoms with Gasteiger partial charge >= 0.3 is 5.97 Å². The highest BCUT2D eigenvalue weighted by Crippen LogP contribution is 2.26. The Morgan fingerprint density at radius 1 is 0.800 bits per heavy atom. The SMILES string of the molecule is C#CCOCCOCCOCCNc1nc(N2CCN(C(=O)[C@H](CCCCN)n3cc(CN)nn3)CC2)nc(N2CCN(C(=O)[C@H](CCC(=O)O)n3cc([C@@H](N)[C@H](C)CC)nn3)CC2)n1. The third-order valence-corrected chi connectivity index (χ3v) is 11.5. The molecule has 3 aromatic heterocycles. The number of ether oxygens (including phenoxy) is 3. The Balaban J connectivity index is 1.25. The first-order chi connectivity index (χ1) is 31.6. The van der Waals surface area contributed by atoms with Crippen molar-refractivity contribution in [2.45, 2.75) is 77.0 Å². The summed E-state index contributed by atoms with van der Waals surface area (Å²) in [5, 5.41) is 29.6. The monoisotopic (exact) mass is 910 g/mol. The Morgan fingerprint density at radius 3 is 1.92 bits per heavy atom. The van der Waals surface area contributed by atoms with Crippen molar-refractivity contribution >= 4 is 35.6 Å². The number of nitrogens with one attached hydrogen (secondary N) is 1. The Kier molecular flexibility index (Phi) is 20.5. The van der Waals surface area contributed by atoms with Gasteiger partial charge in [0.25, 0.3) is 0 Å². The lowest BCUT2D eigenvalue weighted by Gasteiger charge is -2.38. The van der Waals surface area contributed by atoms with Crippen LogP contribution in [0.2, 0.25) is 0 Å². The Hall–Kier alpha value is -5.58. The summed E-state index contributed by atoms with van der Waals surface area (Å²) in [6.45, 7) is 10.7. The van der Waals surface area contributed by atoms with E-state index in [-0.39, 0.29) is 49.8 Å². The van der Waals surface area contributed by atoms with Crippen molar-refractivity contribution in [3.05, 3.63) is 23.8 Å². The zero-order chi connectivity index (χ0) is 46.6. The fourth-order valence-corrected chi connectivity index (χ4v) is 7.38. The standard InChI is InChI=1S/C41H67N17O7/c1-4-21-63-23-25-65-26-24-64-22-12-45-39-46-40(55-17-13-53(14-18-55)37(61)33(8-6-7-11-42)57-28-31(27-43)49-51-57)48-41(47-39)56-19-15-54(16-20-56)38(62)34(9-10-35(59)60)58-29-32(50-52-58)36(44)30(3)5-2/h1,28-30,33-34,36H,5-27,42-44H2,2-3H3,(H,59,60)(H,45,46,47,48)/t30-,33+,34+,36+/m1/s1. The molecule has 8 N–H and O–H groups in total. The van der Waals surface area contributed by atoms with Gasteiger partial charge in [0.15, 0.2) is 0 Å². The van der Waals surface area contributed by atoms with Gasteiger partial charge in [-0.3, -0.25) is 14.4 Å². The number of carboxylic acids is 1. The number of carboxylic acid groups (broad SMARTS) is 1. The number of amides is 2. The van der Waals surface area contributed by atoms with Crippen molar-refractivity contribution in [1.29, 1.82) is 0 Å². The molecule has 2 aliphatic rings. The highest BCUT2D eigenvalue weighted by molar-refractivity contribution is 5.81. The van der Waals surface area contributed by atoms with Crippen LogP contribution in [0.4, 0.5) is 17.8 Å². The van der Waals surface area contributed by atoms with Crippen LogP contribution in [0.15, 0.2) is 12.4 Å². The second-order valence-electron chi connectivity index (χ2n) is 16.0. The third-order valence-electron chi connectivity index (χ3n) is 11.5. The van der Waals surface area contributed by atoms with E-state index >= 15 is 0 Å². The summed E-state index contributed by atoms with van der Waals surface area (Å²) >= 11 is 0. The molecule has 0 spiro atoms. The maximum Gasteiger partial charge on any atom is 0.303 e. The van der Waals surface area contributed by atoms with Crippen LogP contribution in [-0.4, -0.2) is 183 Å². The van der Waals surface area contributed by atoms with Gasteiger partial charge in [0.1, 0.15) is 18.7 Å². The van der Waals surface area contributed by atoms with Gasteiger partial charge in [-0.05, 0) is 38.1 Å². The van der Waals surface area contributed by atoms with Crippen molar-refractivity contribution in [3.63, 3.8) is 0 Å². The molecule has 2 amide bonds. The predicted octanol–water partition coefficient (Wildman–Crippen LogP) is -0.572. The van der Waals surface area contributed by atoms with Crippen LogP contribution in [0.25, 0.3) is 0 Å². The number of hydrogen-bond acceptors (Lipinski definition) is 19. The summed E-state index contributed by atoms with van der Waals surface area (Å²) in [6, 6.07) is -1.76. The Labute approximate surface area is 379 Å². The molecule has 0 unspecified atom stereocenters. The van der Waals surface area contributed by atoms with Gasteiger partial charge in [-0.2, -0.15) is 15.0 Å². The molecule has 5 rings (SSSR count). The molecule has 0 aliphatic carbocycles. The summed E-state index contributed by atoms with van der Waals surface area (Å²) in [7, 11) is 0. The number of aliphatic carboxylic acids is 1. The normalized spacial score (nSPS) is 16.2. The third kappa shape index (κ3) is 15.0. The van der Waals surface area contributed by atoms with Crippen LogP contribution in [0.3, 0.4) is 0 Å². The molecule has 0 aromatic carbocycles. The van der Waals surface area contributed by atoms with Gasteiger partial charge in [0.2, 0.25) is 29.7 Å². The highest BCUT2D eigenvalue weighted by Gasteiger charge is 2.33. The molecule has 4 atom stereocenters. The van der Waals surface area contributed by atoms with Crippen molar-refractivity contribution in [1.82, 2.24) is 54.7 Å². The number of terminal acetylenes is 1. The van der Waals surface area contributed by atoms with Gasteiger partial charge in [-0.25, -0.2) is 9.36 Å². The Bertz CT molecular complexity index is 1960. The number of aromatic nitrogens is 9. The zero-order valence-corrected chi connectivity index (χ0v) is 37.7. The first-order valence-electron chi connectivity index (χ1n) is 22.5. The van der Waals surface area contributed by atoms with Crippen LogP contribution in [-0.2, 0) is 35.1 Å². The lowest BCUT2D eigenvalue weighted by molar-refractivity contribution is -0.139. The molecule has 2 fully saturated rings. The van der Waals surface area contributed by atoms with E-state index in [0.29, 0.717) is 134 Å². The van der Waals surface area contributed by atoms with Crippen molar-refractivity contribution in [2.75, 3.05) is 120 Å².